The third-order valence-electron chi connectivity index (χ3n) is 2.72. The van der Waals surface area contributed by atoms with Gasteiger partial charge in [-0.25, -0.2) is 9.59 Å². The first kappa shape index (κ1) is 20.3. The van der Waals surface area contributed by atoms with E-state index in [0.717, 1.165) is 0 Å². The smallest absolute Gasteiger partial charge is 0.333 e. The van der Waals surface area contributed by atoms with Gasteiger partial charge in [0.2, 0.25) is 0 Å². The largest absolute Gasteiger partial charge is 0.460 e. The van der Waals surface area contributed by atoms with Crippen LogP contribution in [0.5, 0.6) is 0 Å². The van der Waals surface area contributed by atoms with Gasteiger partial charge in [0.1, 0.15) is 13.2 Å². The number of hydrogen-bond acceptors (Lipinski definition) is 6. The van der Waals surface area contributed by atoms with Gasteiger partial charge in [0, 0.05) is 11.1 Å². The Morgan fingerprint density at radius 3 is 1.32 bits per heavy atom. The maximum absolute atomic E-state index is 11.3. The van der Waals surface area contributed by atoms with Crippen LogP contribution in [0, 0.1) is 0 Å². The van der Waals surface area contributed by atoms with Gasteiger partial charge in [-0.2, -0.15) is 0 Å². The molecule has 0 aliphatic heterocycles. The lowest BCUT2D eigenvalue weighted by molar-refractivity contribution is -0.142. The predicted octanol–water partition coefficient (Wildman–Crippen LogP) is 2.04. The molecule has 0 atom stereocenters. The summed E-state index contributed by atoms with van der Waals surface area (Å²) < 4.78 is 20.3. The normalized spacial score (nSPS) is 10.1. The summed E-state index contributed by atoms with van der Waals surface area (Å²) in [6.45, 7) is 12.6. The van der Waals surface area contributed by atoms with Crippen LogP contribution in [0.4, 0.5) is 0 Å². The molecular weight excluding hydrogens is 288 g/mol. The molecule has 0 unspecified atom stereocenters. The van der Waals surface area contributed by atoms with Crippen molar-refractivity contribution in [1.82, 2.24) is 0 Å². The Labute approximate surface area is 132 Å². The molecule has 0 rings (SSSR count). The topological polar surface area (TPSA) is 71.1 Å². The predicted molar refractivity (Wildman–Crippen MR) is 82.4 cm³/mol. The Bertz CT molecular complexity index is 339. The van der Waals surface area contributed by atoms with Crippen LogP contribution in [-0.4, -0.2) is 51.6 Å². The highest BCUT2D eigenvalue weighted by Gasteiger charge is 2.06. The van der Waals surface area contributed by atoms with E-state index in [1.54, 1.807) is 0 Å². The summed E-state index contributed by atoms with van der Waals surface area (Å²) in [5, 5.41) is 0. The average molecular weight is 314 g/mol. The fourth-order valence-corrected chi connectivity index (χ4v) is 1.20. The quantitative estimate of drug-likeness (QED) is 0.294. The molecule has 0 aromatic carbocycles. The molecule has 6 nitrogen and oxygen atoms in total. The first-order valence-electron chi connectivity index (χ1n) is 7.38. The van der Waals surface area contributed by atoms with Crippen LogP contribution in [-0.2, 0) is 28.5 Å². The maximum Gasteiger partial charge on any atom is 0.333 e. The van der Waals surface area contributed by atoms with E-state index in [4.69, 9.17) is 18.9 Å². The summed E-state index contributed by atoms with van der Waals surface area (Å²) in [6, 6.07) is 0. The zero-order valence-corrected chi connectivity index (χ0v) is 13.5. The third kappa shape index (κ3) is 10.1. The molecule has 6 heteroatoms. The Morgan fingerprint density at radius 2 is 1.00 bits per heavy atom. The van der Waals surface area contributed by atoms with Gasteiger partial charge in [0.15, 0.2) is 0 Å². The molecule has 0 aliphatic carbocycles. The number of ether oxygens (including phenoxy) is 4. The number of esters is 2. The summed E-state index contributed by atoms with van der Waals surface area (Å²) in [5.74, 6) is -0.782. The zero-order chi connectivity index (χ0) is 16.8. The van der Waals surface area contributed by atoms with E-state index in [1.807, 2.05) is 13.8 Å². The highest BCUT2D eigenvalue weighted by molar-refractivity contribution is 5.87. The number of hydrogen-bond donors (Lipinski definition) is 0. The van der Waals surface area contributed by atoms with E-state index in [-0.39, 0.29) is 13.2 Å². The Kier molecular flexibility index (Phi) is 12.1. The maximum atomic E-state index is 11.3. The molecule has 0 aromatic rings. The first-order valence-corrected chi connectivity index (χ1v) is 7.38. The van der Waals surface area contributed by atoms with Crippen molar-refractivity contribution in [3.63, 3.8) is 0 Å². The molecule has 0 bridgehead atoms. The molecule has 0 saturated heterocycles. The number of rotatable bonds is 13. The summed E-state index contributed by atoms with van der Waals surface area (Å²) in [5.41, 5.74) is 0.896. The van der Waals surface area contributed by atoms with Crippen LogP contribution in [0.25, 0.3) is 0 Å². The van der Waals surface area contributed by atoms with Crippen molar-refractivity contribution < 1.29 is 28.5 Å². The van der Waals surface area contributed by atoms with Gasteiger partial charge >= 0.3 is 11.9 Å². The van der Waals surface area contributed by atoms with E-state index >= 15 is 0 Å². The van der Waals surface area contributed by atoms with Gasteiger partial charge in [-0.1, -0.05) is 27.0 Å². The Hall–Kier alpha value is -1.66. The van der Waals surface area contributed by atoms with Crippen LogP contribution in [0.2, 0.25) is 0 Å². The van der Waals surface area contributed by atoms with Crippen LogP contribution >= 0.6 is 0 Å². The Morgan fingerprint density at radius 1 is 0.682 bits per heavy atom. The molecule has 0 fully saturated rings. The molecule has 0 radical (unpaired) electrons. The van der Waals surface area contributed by atoms with Gasteiger partial charge in [-0.3, -0.25) is 0 Å². The SMILES string of the molecule is C=C(CC)C(=O)OCCOCCOCCOC(=O)C(=C)CC. The monoisotopic (exact) mass is 314 g/mol. The van der Waals surface area contributed by atoms with E-state index in [0.29, 0.717) is 50.4 Å². The van der Waals surface area contributed by atoms with Crippen LogP contribution in [0.1, 0.15) is 26.7 Å². The average Bonchev–Trinajstić information content (AvgIpc) is 2.54. The molecular formula is C16H26O6. The van der Waals surface area contributed by atoms with E-state index in [9.17, 15) is 9.59 Å². The molecule has 0 aliphatic rings. The molecule has 126 valence electrons. The van der Waals surface area contributed by atoms with Gasteiger partial charge in [0.25, 0.3) is 0 Å². The second-order valence-electron chi connectivity index (χ2n) is 4.41. The lowest BCUT2D eigenvalue weighted by atomic mass is 10.2. The van der Waals surface area contributed by atoms with E-state index in [1.165, 1.54) is 0 Å². The van der Waals surface area contributed by atoms with Crippen LogP contribution in [0.3, 0.4) is 0 Å². The van der Waals surface area contributed by atoms with Crippen molar-refractivity contribution in [3.8, 4) is 0 Å². The minimum Gasteiger partial charge on any atom is -0.460 e. The standard InChI is InChI=1S/C16H26O6/c1-5-13(3)15(17)21-11-9-19-7-8-20-10-12-22-16(18)14(4)6-2/h3-12H2,1-2H3. The molecule has 0 heterocycles. The molecule has 0 aromatic heterocycles. The minimum atomic E-state index is -0.391. The van der Waals surface area contributed by atoms with Gasteiger partial charge in [-0.05, 0) is 12.8 Å². The summed E-state index contributed by atoms with van der Waals surface area (Å²) in [6.07, 6.45) is 1.15. The second kappa shape index (κ2) is 13.0. The number of carbonyl (C=O) groups excluding carboxylic acids is 2. The summed E-state index contributed by atoms with van der Waals surface area (Å²) in [7, 11) is 0. The van der Waals surface area contributed by atoms with E-state index in [2.05, 4.69) is 13.2 Å². The Balaban J connectivity index is 3.34. The van der Waals surface area contributed by atoms with E-state index < -0.39 is 11.9 Å². The van der Waals surface area contributed by atoms with Crippen molar-refractivity contribution in [3.05, 3.63) is 24.3 Å². The van der Waals surface area contributed by atoms with Crippen molar-refractivity contribution >= 4 is 11.9 Å². The molecule has 0 N–H and O–H groups in total. The number of carbonyl (C=O) groups is 2. The van der Waals surface area contributed by atoms with Crippen molar-refractivity contribution in [2.24, 2.45) is 0 Å². The van der Waals surface area contributed by atoms with Crippen LogP contribution < -0.4 is 0 Å². The van der Waals surface area contributed by atoms with Crippen molar-refractivity contribution in [1.29, 1.82) is 0 Å². The van der Waals surface area contributed by atoms with Gasteiger partial charge < -0.3 is 18.9 Å². The lowest BCUT2D eigenvalue weighted by Crippen LogP contribution is -2.15. The minimum absolute atomic E-state index is 0.189. The molecule has 22 heavy (non-hydrogen) atoms. The van der Waals surface area contributed by atoms with Crippen LogP contribution in [0.15, 0.2) is 24.3 Å². The van der Waals surface area contributed by atoms with Crippen molar-refractivity contribution in [2.45, 2.75) is 26.7 Å². The molecule has 0 amide bonds. The molecule has 0 spiro atoms. The lowest BCUT2D eigenvalue weighted by Gasteiger charge is -2.08. The summed E-state index contributed by atoms with van der Waals surface area (Å²) in [4.78, 5) is 22.5. The highest BCUT2D eigenvalue weighted by atomic mass is 16.6. The van der Waals surface area contributed by atoms with Gasteiger partial charge in [-0.15, -0.1) is 0 Å². The fraction of sp³-hybridized carbons (Fsp3) is 0.625. The second-order valence-corrected chi connectivity index (χ2v) is 4.41. The third-order valence-corrected chi connectivity index (χ3v) is 2.72. The zero-order valence-electron chi connectivity index (χ0n) is 13.5. The first-order chi connectivity index (χ1) is 10.5. The summed E-state index contributed by atoms with van der Waals surface area (Å²) >= 11 is 0. The van der Waals surface area contributed by atoms with Gasteiger partial charge in [0.05, 0.1) is 26.4 Å². The molecule has 0 saturated carbocycles. The highest BCUT2D eigenvalue weighted by Crippen LogP contribution is 1.99. The van der Waals surface area contributed by atoms with Crippen molar-refractivity contribution in [2.75, 3.05) is 39.6 Å². The fourth-order valence-electron chi connectivity index (χ4n) is 1.20.